The zero-order valence-electron chi connectivity index (χ0n) is 10.4. The van der Waals surface area contributed by atoms with Crippen LogP contribution in [0.3, 0.4) is 0 Å². The Morgan fingerprint density at radius 3 is 2.13 bits per heavy atom. The summed E-state index contributed by atoms with van der Waals surface area (Å²) in [5, 5.41) is 0. The SMILES string of the molecule is CCCc1ccc(C=CC(C)(C)C)cc1. The second kappa shape index (κ2) is 5.16. The first-order valence-corrected chi connectivity index (χ1v) is 5.79. The number of hydrogen-bond acceptors (Lipinski definition) is 0. The first kappa shape index (κ1) is 12.0. The number of benzene rings is 1. The van der Waals surface area contributed by atoms with Crippen LogP contribution in [0.5, 0.6) is 0 Å². The summed E-state index contributed by atoms with van der Waals surface area (Å²) in [5.41, 5.74) is 3.00. The highest BCUT2D eigenvalue weighted by Gasteiger charge is 2.03. The fraction of sp³-hybridized carbons (Fsp3) is 0.467. The smallest absolute Gasteiger partial charge is 0.0200 e. The molecule has 0 fully saturated rings. The third kappa shape index (κ3) is 4.83. The maximum absolute atomic E-state index is 2.25. The number of aryl methyl sites for hydroxylation is 1. The molecule has 0 N–H and O–H groups in total. The molecule has 0 saturated heterocycles. The number of allylic oxidation sites excluding steroid dienone is 1. The molecule has 0 heteroatoms. The van der Waals surface area contributed by atoms with E-state index in [4.69, 9.17) is 0 Å². The van der Waals surface area contributed by atoms with E-state index in [0.717, 1.165) is 0 Å². The maximum atomic E-state index is 2.25. The fourth-order valence-corrected chi connectivity index (χ4v) is 1.43. The average Bonchev–Trinajstić information content (AvgIpc) is 2.16. The standard InChI is InChI=1S/C15H22/c1-5-6-13-7-9-14(10-8-13)11-12-15(2,3)4/h7-12H,5-6H2,1-4H3. The van der Waals surface area contributed by atoms with Gasteiger partial charge in [-0.3, -0.25) is 0 Å². The molecule has 0 amide bonds. The highest BCUT2D eigenvalue weighted by molar-refractivity contribution is 5.50. The Morgan fingerprint density at radius 2 is 1.67 bits per heavy atom. The van der Waals surface area contributed by atoms with E-state index in [2.05, 4.69) is 64.1 Å². The minimum atomic E-state index is 0.266. The van der Waals surface area contributed by atoms with Gasteiger partial charge in [0, 0.05) is 0 Å². The Kier molecular flexibility index (Phi) is 4.14. The molecule has 0 aliphatic rings. The van der Waals surface area contributed by atoms with Gasteiger partial charge >= 0.3 is 0 Å². The topological polar surface area (TPSA) is 0 Å². The van der Waals surface area contributed by atoms with E-state index in [9.17, 15) is 0 Å². The molecule has 1 aromatic rings. The summed E-state index contributed by atoms with van der Waals surface area (Å²) in [5.74, 6) is 0. The van der Waals surface area contributed by atoms with Gasteiger partial charge in [0.05, 0.1) is 0 Å². The Bertz CT molecular complexity index is 309. The highest BCUT2D eigenvalue weighted by Crippen LogP contribution is 2.17. The summed E-state index contributed by atoms with van der Waals surface area (Å²) in [6.45, 7) is 8.87. The number of rotatable bonds is 3. The Morgan fingerprint density at radius 1 is 1.07 bits per heavy atom. The molecule has 1 aromatic carbocycles. The summed E-state index contributed by atoms with van der Waals surface area (Å²) in [6, 6.07) is 8.86. The van der Waals surface area contributed by atoms with Gasteiger partial charge < -0.3 is 0 Å². The Balaban J connectivity index is 2.68. The van der Waals surface area contributed by atoms with Crippen LogP contribution in [0.25, 0.3) is 6.08 Å². The van der Waals surface area contributed by atoms with Gasteiger partial charge in [0.1, 0.15) is 0 Å². The van der Waals surface area contributed by atoms with Crippen molar-refractivity contribution >= 4 is 6.08 Å². The van der Waals surface area contributed by atoms with Gasteiger partial charge in [0.2, 0.25) is 0 Å². The van der Waals surface area contributed by atoms with Gasteiger partial charge in [-0.1, -0.05) is 70.5 Å². The van der Waals surface area contributed by atoms with E-state index in [0.29, 0.717) is 0 Å². The lowest BCUT2D eigenvalue weighted by Crippen LogP contribution is -1.97. The molecule has 0 saturated carbocycles. The summed E-state index contributed by atoms with van der Waals surface area (Å²) in [7, 11) is 0. The van der Waals surface area contributed by atoms with Crippen LogP contribution in [-0.4, -0.2) is 0 Å². The fourth-order valence-electron chi connectivity index (χ4n) is 1.43. The predicted octanol–water partition coefficient (Wildman–Crippen LogP) is 4.70. The zero-order chi connectivity index (χ0) is 11.3. The third-order valence-corrected chi connectivity index (χ3v) is 2.29. The molecular weight excluding hydrogens is 180 g/mol. The monoisotopic (exact) mass is 202 g/mol. The lowest BCUT2D eigenvalue weighted by atomic mass is 9.95. The number of hydrogen-bond donors (Lipinski definition) is 0. The summed E-state index contributed by atoms with van der Waals surface area (Å²) in [6.07, 6.45) is 6.86. The van der Waals surface area contributed by atoms with Crippen LogP contribution in [0.4, 0.5) is 0 Å². The van der Waals surface area contributed by atoms with Gasteiger partial charge in [-0.15, -0.1) is 0 Å². The van der Waals surface area contributed by atoms with E-state index >= 15 is 0 Å². The van der Waals surface area contributed by atoms with Gasteiger partial charge in [0.25, 0.3) is 0 Å². The quantitative estimate of drug-likeness (QED) is 0.666. The van der Waals surface area contributed by atoms with E-state index in [1.165, 1.54) is 24.0 Å². The van der Waals surface area contributed by atoms with E-state index in [1.54, 1.807) is 0 Å². The molecule has 0 aliphatic carbocycles. The lowest BCUT2D eigenvalue weighted by Gasteiger charge is -2.11. The highest BCUT2D eigenvalue weighted by atomic mass is 14.1. The largest absolute Gasteiger partial charge is 0.0785 e. The molecule has 82 valence electrons. The summed E-state index contributed by atoms with van der Waals surface area (Å²) in [4.78, 5) is 0. The summed E-state index contributed by atoms with van der Waals surface area (Å²) >= 11 is 0. The molecule has 0 aliphatic heterocycles. The van der Waals surface area contributed by atoms with Crippen LogP contribution in [0, 0.1) is 5.41 Å². The van der Waals surface area contributed by atoms with Crippen molar-refractivity contribution in [3.63, 3.8) is 0 Å². The van der Waals surface area contributed by atoms with Crippen LogP contribution < -0.4 is 0 Å². The van der Waals surface area contributed by atoms with E-state index in [1.807, 2.05) is 0 Å². The second-order valence-electron chi connectivity index (χ2n) is 5.19. The van der Waals surface area contributed by atoms with Crippen molar-refractivity contribution < 1.29 is 0 Å². The molecule has 0 nitrogen and oxygen atoms in total. The molecule has 15 heavy (non-hydrogen) atoms. The Labute approximate surface area is 94.0 Å². The van der Waals surface area contributed by atoms with Crippen molar-refractivity contribution in [3.8, 4) is 0 Å². The minimum Gasteiger partial charge on any atom is -0.0785 e. The van der Waals surface area contributed by atoms with Crippen molar-refractivity contribution in [1.29, 1.82) is 0 Å². The van der Waals surface area contributed by atoms with E-state index < -0.39 is 0 Å². The summed E-state index contributed by atoms with van der Waals surface area (Å²) < 4.78 is 0. The van der Waals surface area contributed by atoms with Crippen LogP contribution in [0.1, 0.15) is 45.2 Å². The first-order chi connectivity index (χ1) is 7.01. The molecule has 0 heterocycles. The maximum Gasteiger partial charge on any atom is -0.0200 e. The van der Waals surface area contributed by atoms with Crippen molar-refractivity contribution in [2.75, 3.05) is 0 Å². The van der Waals surface area contributed by atoms with Gasteiger partial charge in [-0.25, -0.2) is 0 Å². The Hall–Kier alpha value is -1.04. The lowest BCUT2D eigenvalue weighted by molar-refractivity contribution is 0.547. The van der Waals surface area contributed by atoms with Crippen molar-refractivity contribution in [3.05, 3.63) is 41.5 Å². The van der Waals surface area contributed by atoms with Crippen molar-refractivity contribution in [2.24, 2.45) is 5.41 Å². The molecule has 0 spiro atoms. The molecule has 0 atom stereocenters. The van der Waals surface area contributed by atoms with Crippen LogP contribution in [0.15, 0.2) is 30.3 Å². The second-order valence-corrected chi connectivity index (χ2v) is 5.19. The van der Waals surface area contributed by atoms with Gasteiger partial charge in [-0.2, -0.15) is 0 Å². The van der Waals surface area contributed by atoms with Gasteiger partial charge in [0.15, 0.2) is 0 Å². The van der Waals surface area contributed by atoms with E-state index in [-0.39, 0.29) is 5.41 Å². The molecule has 1 rings (SSSR count). The molecule has 0 bridgehead atoms. The normalized spacial score (nSPS) is 12.3. The molecule has 0 unspecified atom stereocenters. The van der Waals surface area contributed by atoms with Crippen LogP contribution in [0.2, 0.25) is 0 Å². The first-order valence-electron chi connectivity index (χ1n) is 5.79. The average molecular weight is 202 g/mol. The zero-order valence-corrected chi connectivity index (χ0v) is 10.4. The van der Waals surface area contributed by atoms with Crippen LogP contribution >= 0.6 is 0 Å². The molecular formula is C15H22. The van der Waals surface area contributed by atoms with Crippen molar-refractivity contribution in [1.82, 2.24) is 0 Å². The third-order valence-electron chi connectivity index (χ3n) is 2.29. The van der Waals surface area contributed by atoms with Gasteiger partial charge in [-0.05, 0) is 23.0 Å². The van der Waals surface area contributed by atoms with Crippen molar-refractivity contribution in [2.45, 2.75) is 40.5 Å². The van der Waals surface area contributed by atoms with Crippen LogP contribution in [-0.2, 0) is 6.42 Å². The predicted molar refractivity (Wildman–Crippen MR) is 68.9 cm³/mol. The molecule has 0 aromatic heterocycles. The molecule has 0 radical (unpaired) electrons. The minimum absolute atomic E-state index is 0.266.